The molecule has 4 aromatic rings. The monoisotopic (exact) mass is 1030 g/mol. The maximum Gasteiger partial charge on any atom is 0.176 e. The van der Waals surface area contributed by atoms with Gasteiger partial charge in [0.25, 0.3) is 0 Å². The average Bonchev–Trinajstić information content (AvgIpc) is 3.41. The van der Waals surface area contributed by atoms with Crippen molar-refractivity contribution in [2.45, 2.75) is 35.1 Å². The molecule has 0 amide bonds. The van der Waals surface area contributed by atoms with Crippen molar-refractivity contribution in [3.8, 4) is 0 Å². The topological polar surface area (TPSA) is 143 Å². The van der Waals surface area contributed by atoms with Crippen molar-refractivity contribution in [3.63, 3.8) is 0 Å². The van der Waals surface area contributed by atoms with Crippen molar-refractivity contribution in [1.29, 1.82) is 0 Å². The number of rotatable bonds is 0. The summed E-state index contributed by atoms with van der Waals surface area (Å²) in [7, 11) is 3.82. The van der Waals surface area contributed by atoms with Crippen LogP contribution in [0.25, 0.3) is 16.7 Å². The molecule has 0 saturated carbocycles. The number of azo groups is 1. The van der Waals surface area contributed by atoms with Crippen LogP contribution >= 0.6 is 0 Å². The van der Waals surface area contributed by atoms with Crippen LogP contribution in [0.15, 0.2) is 39.6 Å². The van der Waals surface area contributed by atoms with Gasteiger partial charge in [-0.3, -0.25) is 5.01 Å². The maximum absolute atomic E-state index is 4.26. The van der Waals surface area contributed by atoms with Crippen LogP contribution in [0.3, 0.4) is 0 Å². The van der Waals surface area contributed by atoms with Crippen molar-refractivity contribution in [1.82, 2.24) is 54.8 Å². The fourth-order valence-electron chi connectivity index (χ4n) is 3.03. The molecule has 0 radical (unpaired) electrons. The Bertz CT molecular complexity index is 1390. The number of hydrazine groups is 1. The summed E-state index contributed by atoms with van der Waals surface area (Å²) in [5.41, 5.74) is 4.25. The molecule has 14 nitrogen and oxygen atoms in total. The second kappa shape index (κ2) is 15.1. The van der Waals surface area contributed by atoms with Gasteiger partial charge in [-0.2, -0.15) is 17.5 Å². The van der Waals surface area contributed by atoms with E-state index in [9.17, 15) is 0 Å². The van der Waals surface area contributed by atoms with Crippen molar-refractivity contribution in [2.24, 2.45) is 22.3 Å². The van der Waals surface area contributed by atoms with Gasteiger partial charge in [-0.25, -0.2) is 36.3 Å². The van der Waals surface area contributed by atoms with E-state index in [2.05, 4.69) is 76.2 Å². The molecule has 0 spiro atoms. The summed E-state index contributed by atoms with van der Waals surface area (Å²) in [5.74, 6) is 3.20. The van der Waals surface area contributed by atoms with Crippen LogP contribution in [-0.2, 0) is 70.2 Å². The van der Waals surface area contributed by atoms with Gasteiger partial charge in [-0.15, -0.1) is 5.11 Å². The van der Waals surface area contributed by atoms with E-state index in [1.54, 1.807) is 6.20 Å². The van der Waals surface area contributed by atoms with Gasteiger partial charge in [0.1, 0.15) is 5.84 Å². The maximum atomic E-state index is 4.26. The Labute approximate surface area is 263 Å². The molecule has 0 saturated heterocycles. The Balaban J connectivity index is 0.000000514. The number of nitrogens with zero attached hydrogens (tertiary/aromatic N) is 14. The number of aliphatic imine (C=N–C) groups is 1. The summed E-state index contributed by atoms with van der Waals surface area (Å²) in [6.07, 6.45) is 9.64. The van der Waals surface area contributed by atoms with Gasteiger partial charge in [0.2, 0.25) is 0 Å². The number of aryl methyl sites for hydroxylation is 4. The molecule has 4 aromatic heterocycles. The zero-order valence-electron chi connectivity index (χ0n) is 20.8. The van der Waals surface area contributed by atoms with Crippen molar-refractivity contribution in [2.75, 3.05) is 7.05 Å². The summed E-state index contributed by atoms with van der Waals surface area (Å²) in [6, 6.07) is 0. The summed E-state index contributed by atoms with van der Waals surface area (Å²) in [5, 5.41) is 33.3. The molecular formula is C21H25N14W3-3. The second-order valence-corrected chi connectivity index (χ2v) is 7.29. The molecule has 6 heterocycles. The molecule has 0 unspecified atom stereocenters. The molecule has 2 aliphatic heterocycles. The SMILES string of the molecule is C.C=C1N=NC=C2N=C(C)N(C)N12.Cc1nc2[c-]nn[c-]c2n1C.Cc1nn2[c-]nnnc2c1C.[W].[W].[W]. The number of hydrogen-bond acceptors (Lipinski definition) is 12. The third kappa shape index (κ3) is 7.30. The number of amidine groups is 1. The smallest absolute Gasteiger partial charge is 0.176 e. The molecule has 0 bridgehead atoms. The van der Waals surface area contributed by atoms with Gasteiger partial charge >= 0.3 is 0 Å². The first-order valence-electron chi connectivity index (χ1n) is 10.0. The minimum Gasteiger partial charge on any atom is -0.444 e. The first-order chi connectivity index (χ1) is 16.3. The summed E-state index contributed by atoms with van der Waals surface area (Å²) < 4.78 is 3.40. The van der Waals surface area contributed by atoms with E-state index >= 15 is 0 Å². The number of hydrogen-bond donors (Lipinski definition) is 0. The van der Waals surface area contributed by atoms with Crippen LogP contribution < -0.4 is 0 Å². The quantitative estimate of drug-likeness (QED) is 0.243. The van der Waals surface area contributed by atoms with E-state index in [-0.39, 0.29) is 70.6 Å². The third-order valence-corrected chi connectivity index (χ3v) is 5.19. The van der Waals surface area contributed by atoms with Crippen LogP contribution in [0.1, 0.15) is 31.4 Å². The Morgan fingerprint density at radius 1 is 0.947 bits per heavy atom. The summed E-state index contributed by atoms with van der Waals surface area (Å²) >= 11 is 0. The molecule has 0 atom stereocenters. The molecule has 0 aliphatic carbocycles. The molecule has 200 valence electrons. The predicted octanol–water partition coefficient (Wildman–Crippen LogP) is 2.14. The Hall–Kier alpha value is -2.56. The average molecular weight is 1030 g/mol. The Morgan fingerprint density at radius 2 is 1.63 bits per heavy atom. The van der Waals surface area contributed by atoms with Gasteiger partial charge in [0.15, 0.2) is 11.6 Å². The van der Waals surface area contributed by atoms with E-state index in [1.807, 2.05) is 56.4 Å². The van der Waals surface area contributed by atoms with E-state index < -0.39 is 0 Å². The number of imidazole rings is 1. The normalized spacial score (nSPS) is 12.8. The van der Waals surface area contributed by atoms with Gasteiger partial charge in [-0.1, -0.05) is 31.7 Å². The molecule has 38 heavy (non-hydrogen) atoms. The minimum atomic E-state index is 0. The second-order valence-electron chi connectivity index (χ2n) is 7.29. The zero-order chi connectivity index (χ0) is 24.4. The first kappa shape index (κ1) is 35.4. The standard InChI is InChI=1S/C7H9N5.C7H6N4.C6H6N5.CH4.3W/c1-5-9-7-4-8-10-6(2)12(7)11(5)3;1-5-10-6-3-8-9-4-7(6)11(5)2;1-4-5(2)9-11-3-7-10-8-6(4)11;;;;/h4H,2H2,1,3H3;2*1-2H3;1H4;;;/q;-2;-1;;;;. The van der Waals surface area contributed by atoms with Gasteiger partial charge in [-0.05, 0) is 34.1 Å². The summed E-state index contributed by atoms with van der Waals surface area (Å²) in [6.45, 7) is 11.5. The predicted molar refractivity (Wildman–Crippen MR) is 127 cm³/mol. The fourth-order valence-corrected chi connectivity index (χ4v) is 3.03. The fraction of sp³-hybridized carbons (Fsp3) is 0.333. The number of fused-ring (bicyclic) bond motifs is 3. The third-order valence-electron chi connectivity index (χ3n) is 5.19. The van der Waals surface area contributed by atoms with E-state index in [0.717, 1.165) is 45.4 Å². The molecule has 0 fully saturated rings. The molecule has 17 heteroatoms. The van der Waals surface area contributed by atoms with Gasteiger partial charge < -0.3 is 24.3 Å². The van der Waals surface area contributed by atoms with E-state index in [0.29, 0.717) is 5.82 Å². The molecule has 0 N–H and O–H groups in total. The van der Waals surface area contributed by atoms with E-state index in [1.165, 1.54) is 4.52 Å². The van der Waals surface area contributed by atoms with Crippen LogP contribution in [0.2, 0.25) is 0 Å². The minimum absolute atomic E-state index is 0. The van der Waals surface area contributed by atoms with Gasteiger partial charge in [0, 0.05) is 81.6 Å². The largest absolute Gasteiger partial charge is 0.444 e. The van der Waals surface area contributed by atoms with Crippen LogP contribution in [0.5, 0.6) is 0 Å². The molecular weight excluding hydrogens is 1000 g/mol. The van der Waals surface area contributed by atoms with Crippen LogP contribution in [0.4, 0.5) is 0 Å². The van der Waals surface area contributed by atoms with Crippen LogP contribution in [-0.4, -0.2) is 67.7 Å². The van der Waals surface area contributed by atoms with Crippen molar-refractivity contribution < 1.29 is 63.2 Å². The molecule has 0 aromatic carbocycles. The first-order valence-corrected chi connectivity index (χ1v) is 10.0. The van der Waals surface area contributed by atoms with Crippen molar-refractivity contribution in [3.05, 3.63) is 60.2 Å². The Morgan fingerprint density at radius 3 is 2.26 bits per heavy atom. The summed E-state index contributed by atoms with van der Waals surface area (Å²) in [4.78, 5) is 8.44. The zero-order valence-corrected chi connectivity index (χ0v) is 29.6. The van der Waals surface area contributed by atoms with Crippen LogP contribution in [0, 0.1) is 39.5 Å². The number of aromatic nitrogens is 9. The van der Waals surface area contributed by atoms with Crippen molar-refractivity contribution >= 4 is 22.5 Å². The molecule has 2 aliphatic rings. The van der Waals surface area contributed by atoms with E-state index in [4.69, 9.17) is 0 Å². The Kier molecular flexibility index (Phi) is 14.1. The van der Waals surface area contributed by atoms with Gasteiger partial charge in [0.05, 0.1) is 12.0 Å². The molecule has 6 rings (SSSR count).